The molecular weight excluding hydrogens is 424 g/mol. The van der Waals surface area contributed by atoms with E-state index in [4.69, 9.17) is 0 Å². The molecule has 0 aromatic heterocycles. The van der Waals surface area contributed by atoms with Crippen LogP contribution < -0.4 is 0 Å². The summed E-state index contributed by atoms with van der Waals surface area (Å²) in [7, 11) is 0. The van der Waals surface area contributed by atoms with Gasteiger partial charge in [-0.1, -0.05) is 0 Å². The molecule has 0 aliphatic heterocycles. The molecule has 0 nitrogen and oxygen atoms in total. The fourth-order valence-corrected chi connectivity index (χ4v) is 0. The Labute approximate surface area is 74.9 Å². The van der Waals surface area contributed by atoms with E-state index in [-0.39, 0.29) is 75.2 Å². The van der Waals surface area contributed by atoms with Crippen LogP contribution in [0.25, 0.3) is 0 Å². The Morgan fingerprint density at radius 1 is 0.429 bits per heavy atom. The molecule has 0 N–H and O–H groups in total. The molecule has 0 saturated carbocycles. The zero-order chi connectivity index (χ0) is 0. The minimum Gasteiger partial charge on any atom is 0 e. The van der Waals surface area contributed by atoms with Crippen molar-refractivity contribution in [3.8, 4) is 0 Å². The Kier molecular flexibility index (Phi) is 5290. The quantitative estimate of drug-likeness (QED) is 0.358. The normalized spacial score (nSPS) is 0. The molecule has 0 aromatic carbocycles. The Balaban J connectivity index is 0. The summed E-state index contributed by atoms with van der Waals surface area (Å²) in [5.41, 5.74) is 0. The predicted molar refractivity (Wildman–Crippen MR) is 26.8 cm³/mol. The van der Waals surface area contributed by atoms with Gasteiger partial charge in [0.25, 0.3) is 0 Å². The second-order valence-corrected chi connectivity index (χ2v) is 0. The van der Waals surface area contributed by atoms with Gasteiger partial charge in [-0.05, 0) is 0 Å². The number of hydrogen-bond donors (Lipinski definition) is 0. The summed E-state index contributed by atoms with van der Waals surface area (Å²) in [5.74, 6) is 0. The fraction of sp³-hybridized carbons (Fsp3) is 0. The minimum absolute atomic E-state index is 0. The molecule has 0 unspecified atom stereocenters. The first-order chi connectivity index (χ1) is 0. The summed E-state index contributed by atoms with van der Waals surface area (Å²) < 4.78 is 0. The summed E-state index contributed by atoms with van der Waals surface area (Å²) in [6, 6.07) is 0. The van der Waals surface area contributed by atoms with Crippen LogP contribution >= 0.6 is 0 Å². The number of rotatable bonds is 0. The smallest absolute Gasteiger partial charge is 0 e. The second-order valence-electron chi connectivity index (χ2n) is 0. The third-order valence-corrected chi connectivity index (χ3v) is 0. The molecule has 0 heterocycles. The molecule has 5 radical (unpaired) electrons. The third-order valence-electron chi connectivity index (χ3n) is 0. The topological polar surface area (TPSA) is 0 Å². The van der Waals surface area contributed by atoms with Crippen molar-refractivity contribution >= 4 is 51.7 Å². The van der Waals surface area contributed by atoms with Crippen LogP contribution in [0.3, 0.4) is 0 Å². The van der Waals surface area contributed by atoms with Crippen LogP contribution in [0.2, 0.25) is 0 Å². The van der Waals surface area contributed by atoms with E-state index < -0.39 is 0 Å². The maximum Gasteiger partial charge on any atom is 0 e. The molecule has 7 heteroatoms. The van der Waals surface area contributed by atoms with Crippen LogP contribution in [-0.4, -0.2) is 51.7 Å². The van der Waals surface area contributed by atoms with Crippen LogP contribution in [0.1, 0.15) is 0 Å². The van der Waals surface area contributed by atoms with Gasteiger partial charge in [0.15, 0.2) is 0 Å². The van der Waals surface area contributed by atoms with Crippen molar-refractivity contribution in [1.29, 1.82) is 0 Å². The first-order valence-electron chi connectivity index (χ1n) is 0. The van der Waals surface area contributed by atoms with Crippen molar-refractivity contribution in [2.75, 3.05) is 0 Å². The van der Waals surface area contributed by atoms with E-state index in [2.05, 4.69) is 0 Å². The van der Waals surface area contributed by atoms with Crippen molar-refractivity contribution in [1.82, 2.24) is 0 Å². The van der Waals surface area contributed by atoms with Gasteiger partial charge in [0.1, 0.15) is 0 Å². The molecule has 0 spiro atoms. The first kappa shape index (κ1) is 237. The second kappa shape index (κ2) is 156. The molecule has 0 saturated heterocycles. The van der Waals surface area contributed by atoms with Gasteiger partial charge in [0, 0.05) is 24.4 Å². The van der Waals surface area contributed by atoms with Gasteiger partial charge < -0.3 is 0 Å². The van der Waals surface area contributed by atoms with E-state index in [1.807, 2.05) is 0 Å². The summed E-state index contributed by atoms with van der Waals surface area (Å²) in [5, 5.41) is 0. The molecule has 7 heavy (non-hydrogen) atoms. The van der Waals surface area contributed by atoms with Gasteiger partial charge in [0.05, 0.1) is 0 Å². The maximum atomic E-state index is 0. The van der Waals surface area contributed by atoms with Gasteiger partial charge in [-0.15, -0.1) is 0 Å². The van der Waals surface area contributed by atoms with E-state index >= 15 is 0 Å². The minimum atomic E-state index is 0. The Bertz CT molecular complexity index is 8.04. The number of hydrogen-bond acceptors (Lipinski definition) is 0. The monoisotopic (exact) mass is 431 g/mol. The zero-order valence-corrected chi connectivity index (χ0v) is 11.2. The molecule has 51 valence electrons. The number of halogens is 5. The van der Waals surface area contributed by atoms with Crippen LogP contribution in [0.4, 0.5) is 23.5 Å². The van der Waals surface area contributed by atoms with E-state index in [1.54, 1.807) is 0 Å². The van der Waals surface area contributed by atoms with Gasteiger partial charge in [-0.3, -0.25) is 23.5 Å². The molecule has 0 rings (SSSR count). The summed E-state index contributed by atoms with van der Waals surface area (Å²) in [6.45, 7) is 0. The first-order valence-corrected chi connectivity index (χ1v) is 0. The summed E-state index contributed by atoms with van der Waals surface area (Å²) >= 11 is 0. The van der Waals surface area contributed by atoms with Gasteiger partial charge >= 0.3 is 27.3 Å². The van der Waals surface area contributed by atoms with Crippen molar-refractivity contribution in [2.45, 2.75) is 0 Å². The SMILES string of the molecule is F.F.F.F.F.[PbH2].[Sb]. The summed E-state index contributed by atoms with van der Waals surface area (Å²) in [6.07, 6.45) is 0. The average molecular weight is 431 g/mol. The van der Waals surface area contributed by atoms with Gasteiger partial charge in [0.2, 0.25) is 0 Å². The van der Waals surface area contributed by atoms with Gasteiger partial charge in [-0.25, -0.2) is 0 Å². The van der Waals surface area contributed by atoms with Crippen molar-refractivity contribution in [2.24, 2.45) is 0 Å². The molecule has 0 bridgehead atoms. The van der Waals surface area contributed by atoms with E-state index in [1.165, 1.54) is 0 Å². The molecule has 0 aliphatic rings. The van der Waals surface area contributed by atoms with Crippen molar-refractivity contribution in [3.05, 3.63) is 0 Å². The zero-order valence-electron chi connectivity index (χ0n) is 3.20. The van der Waals surface area contributed by atoms with Crippen molar-refractivity contribution < 1.29 is 23.5 Å². The Morgan fingerprint density at radius 2 is 0.429 bits per heavy atom. The van der Waals surface area contributed by atoms with E-state index in [0.29, 0.717) is 0 Å². The molecule has 0 atom stereocenters. The van der Waals surface area contributed by atoms with E-state index in [9.17, 15) is 0 Å². The van der Waals surface area contributed by atoms with Gasteiger partial charge in [-0.2, -0.15) is 0 Å². The van der Waals surface area contributed by atoms with Crippen LogP contribution in [0.5, 0.6) is 0 Å². The molecular formula is H7F5PbSb. The standard InChI is InChI=1S/5FH.Pb.Sb.2H/h5*1H;;;;. The Morgan fingerprint density at radius 3 is 0.429 bits per heavy atom. The van der Waals surface area contributed by atoms with Crippen LogP contribution in [0, 0.1) is 0 Å². The molecule has 0 aliphatic carbocycles. The largest absolute Gasteiger partial charge is 0 e. The van der Waals surface area contributed by atoms with E-state index in [0.717, 1.165) is 0 Å². The maximum absolute atomic E-state index is 0. The molecule has 0 amide bonds. The molecule has 0 aromatic rings. The fourth-order valence-electron chi connectivity index (χ4n) is 0. The molecule has 0 fully saturated rings. The third kappa shape index (κ3) is 111. The van der Waals surface area contributed by atoms with Crippen molar-refractivity contribution in [3.63, 3.8) is 0 Å². The van der Waals surface area contributed by atoms with Crippen LogP contribution in [-0.2, 0) is 0 Å². The average Bonchev–Trinajstić information content (AvgIpc) is 0. The van der Waals surface area contributed by atoms with Crippen LogP contribution in [0.15, 0.2) is 0 Å². The summed E-state index contributed by atoms with van der Waals surface area (Å²) in [4.78, 5) is 0. The Hall–Kier alpha value is 1.39. The predicted octanol–water partition coefficient (Wildman–Crippen LogP) is -0.535.